The highest BCUT2D eigenvalue weighted by Crippen LogP contribution is 2.29. The van der Waals surface area contributed by atoms with Crippen molar-refractivity contribution >= 4 is 11.9 Å². The Bertz CT molecular complexity index is 457. The molecule has 19 heavy (non-hydrogen) atoms. The first kappa shape index (κ1) is 15.2. The Morgan fingerprint density at radius 1 is 1.05 bits per heavy atom. The molecule has 104 valence electrons. The summed E-state index contributed by atoms with van der Waals surface area (Å²) in [6.07, 6.45) is 1.05. The lowest BCUT2D eigenvalue weighted by Crippen LogP contribution is -2.25. The van der Waals surface area contributed by atoms with E-state index >= 15 is 0 Å². The van der Waals surface area contributed by atoms with E-state index in [1.807, 2.05) is 6.92 Å². The maximum atomic E-state index is 11.8. The van der Waals surface area contributed by atoms with Crippen molar-refractivity contribution in [3.05, 3.63) is 24.3 Å². The predicted octanol–water partition coefficient (Wildman–Crippen LogP) is 3.34. The molecule has 1 rings (SSSR count). The van der Waals surface area contributed by atoms with Crippen molar-refractivity contribution in [2.24, 2.45) is 5.41 Å². The summed E-state index contributed by atoms with van der Waals surface area (Å²) < 4.78 is 10.5. The number of esters is 2. The Morgan fingerprint density at radius 3 is 2.05 bits per heavy atom. The van der Waals surface area contributed by atoms with Crippen LogP contribution >= 0.6 is 0 Å². The number of benzene rings is 1. The van der Waals surface area contributed by atoms with E-state index in [4.69, 9.17) is 9.47 Å². The Balaban J connectivity index is 2.84. The number of para-hydroxylation sites is 2. The van der Waals surface area contributed by atoms with Crippen LogP contribution in [0.5, 0.6) is 11.5 Å². The second kappa shape index (κ2) is 6.36. The van der Waals surface area contributed by atoms with Gasteiger partial charge in [-0.3, -0.25) is 9.59 Å². The zero-order valence-electron chi connectivity index (χ0n) is 11.9. The molecule has 0 N–H and O–H groups in total. The molecule has 0 fully saturated rings. The van der Waals surface area contributed by atoms with Crippen LogP contribution in [0.4, 0.5) is 0 Å². The number of carbonyl (C=O) groups is 2. The van der Waals surface area contributed by atoms with E-state index in [1.54, 1.807) is 45.0 Å². The first-order valence-corrected chi connectivity index (χ1v) is 6.36. The second-order valence-electron chi connectivity index (χ2n) is 5.31. The number of carbonyl (C=O) groups excluding carboxylic acids is 2. The van der Waals surface area contributed by atoms with Crippen LogP contribution in [0.25, 0.3) is 0 Å². The fraction of sp³-hybridized carbons (Fsp3) is 0.467. The normalized spacial score (nSPS) is 10.9. The molecule has 0 aromatic heterocycles. The Labute approximate surface area is 113 Å². The molecule has 1 aromatic carbocycles. The maximum Gasteiger partial charge on any atom is 0.316 e. The first-order valence-electron chi connectivity index (χ1n) is 6.36. The molecule has 0 atom stereocenters. The van der Waals surface area contributed by atoms with Gasteiger partial charge in [0, 0.05) is 6.42 Å². The minimum absolute atomic E-state index is 0.270. The van der Waals surface area contributed by atoms with Gasteiger partial charge in [-0.25, -0.2) is 0 Å². The van der Waals surface area contributed by atoms with E-state index in [-0.39, 0.29) is 23.4 Å². The third-order valence-corrected chi connectivity index (χ3v) is 2.34. The standard InChI is InChI=1S/C15H20O4/c1-5-8-13(16)18-11-9-6-7-10-12(11)19-14(17)15(2,3)4/h6-7,9-10H,5,8H2,1-4H3. The van der Waals surface area contributed by atoms with E-state index in [0.29, 0.717) is 12.8 Å². The highest BCUT2D eigenvalue weighted by Gasteiger charge is 2.25. The molecular weight excluding hydrogens is 244 g/mol. The van der Waals surface area contributed by atoms with Gasteiger partial charge in [0.25, 0.3) is 0 Å². The Hall–Kier alpha value is -1.84. The van der Waals surface area contributed by atoms with E-state index < -0.39 is 5.41 Å². The van der Waals surface area contributed by atoms with Crippen molar-refractivity contribution < 1.29 is 19.1 Å². The van der Waals surface area contributed by atoms with E-state index in [2.05, 4.69) is 0 Å². The average Bonchev–Trinajstić information content (AvgIpc) is 2.30. The van der Waals surface area contributed by atoms with Gasteiger partial charge >= 0.3 is 11.9 Å². The van der Waals surface area contributed by atoms with Crippen LogP contribution in [0, 0.1) is 5.41 Å². The summed E-state index contributed by atoms with van der Waals surface area (Å²) in [6.45, 7) is 7.19. The summed E-state index contributed by atoms with van der Waals surface area (Å²) in [5.74, 6) is -0.154. The van der Waals surface area contributed by atoms with E-state index in [9.17, 15) is 9.59 Å². The molecule has 0 aliphatic heterocycles. The largest absolute Gasteiger partial charge is 0.423 e. The maximum absolute atomic E-state index is 11.8. The zero-order valence-corrected chi connectivity index (χ0v) is 11.9. The lowest BCUT2D eigenvalue weighted by molar-refractivity contribution is -0.143. The third kappa shape index (κ3) is 4.73. The average molecular weight is 264 g/mol. The first-order chi connectivity index (χ1) is 8.84. The van der Waals surface area contributed by atoms with Gasteiger partial charge in [0.1, 0.15) is 0 Å². The van der Waals surface area contributed by atoms with Gasteiger partial charge < -0.3 is 9.47 Å². The summed E-state index contributed by atoms with van der Waals surface area (Å²) in [5.41, 5.74) is -0.611. The van der Waals surface area contributed by atoms with Crippen molar-refractivity contribution in [2.45, 2.75) is 40.5 Å². The molecule has 0 unspecified atom stereocenters. The van der Waals surface area contributed by atoms with Crippen LogP contribution in [0.3, 0.4) is 0 Å². The number of rotatable bonds is 4. The Kier molecular flexibility index (Phi) is 5.10. The van der Waals surface area contributed by atoms with Gasteiger partial charge in [0.15, 0.2) is 11.5 Å². The summed E-state index contributed by atoms with van der Waals surface area (Å²) in [5, 5.41) is 0. The number of hydrogen-bond donors (Lipinski definition) is 0. The van der Waals surface area contributed by atoms with Crippen LogP contribution < -0.4 is 9.47 Å². The monoisotopic (exact) mass is 264 g/mol. The van der Waals surface area contributed by atoms with Gasteiger partial charge in [-0.1, -0.05) is 19.1 Å². The molecule has 0 radical (unpaired) electrons. The van der Waals surface area contributed by atoms with Gasteiger partial charge in [0.05, 0.1) is 5.41 Å². The summed E-state index contributed by atoms with van der Waals surface area (Å²) in [6, 6.07) is 6.67. The minimum atomic E-state index is -0.611. The molecule has 0 bridgehead atoms. The van der Waals surface area contributed by atoms with E-state index in [0.717, 1.165) is 0 Å². The van der Waals surface area contributed by atoms with Gasteiger partial charge in [-0.2, -0.15) is 0 Å². The fourth-order valence-corrected chi connectivity index (χ4v) is 1.25. The lowest BCUT2D eigenvalue weighted by atomic mass is 9.97. The predicted molar refractivity (Wildman–Crippen MR) is 72.1 cm³/mol. The van der Waals surface area contributed by atoms with Crippen LogP contribution in [-0.2, 0) is 9.59 Å². The lowest BCUT2D eigenvalue weighted by Gasteiger charge is -2.17. The summed E-state index contributed by atoms with van der Waals surface area (Å²) in [4.78, 5) is 23.3. The molecule has 0 amide bonds. The summed E-state index contributed by atoms with van der Waals surface area (Å²) >= 11 is 0. The molecule has 0 spiro atoms. The van der Waals surface area contributed by atoms with Gasteiger partial charge in [-0.15, -0.1) is 0 Å². The molecule has 4 nitrogen and oxygen atoms in total. The van der Waals surface area contributed by atoms with Crippen molar-refractivity contribution in [3.63, 3.8) is 0 Å². The molecule has 0 heterocycles. The van der Waals surface area contributed by atoms with E-state index in [1.165, 1.54) is 0 Å². The zero-order chi connectivity index (χ0) is 14.5. The van der Waals surface area contributed by atoms with Crippen LogP contribution in [0.1, 0.15) is 40.5 Å². The number of hydrogen-bond acceptors (Lipinski definition) is 4. The molecular formula is C15H20O4. The SMILES string of the molecule is CCCC(=O)Oc1ccccc1OC(=O)C(C)(C)C. The molecule has 0 aliphatic carbocycles. The van der Waals surface area contributed by atoms with Crippen molar-refractivity contribution in [1.29, 1.82) is 0 Å². The van der Waals surface area contributed by atoms with Crippen molar-refractivity contribution in [1.82, 2.24) is 0 Å². The highest BCUT2D eigenvalue weighted by atomic mass is 16.6. The van der Waals surface area contributed by atoms with Crippen molar-refractivity contribution in [3.8, 4) is 11.5 Å². The topological polar surface area (TPSA) is 52.6 Å². The summed E-state index contributed by atoms with van der Waals surface area (Å²) in [7, 11) is 0. The highest BCUT2D eigenvalue weighted by molar-refractivity contribution is 5.79. The third-order valence-electron chi connectivity index (χ3n) is 2.34. The quantitative estimate of drug-likeness (QED) is 0.618. The van der Waals surface area contributed by atoms with Crippen LogP contribution in [0.15, 0.2) is 24.3 Å². The fourth-order valence-electron chi connectivity index (χ4n) is 1.25. The smallest absolute Gasteiger partial charge is 0.316 e. The van der Waals surface area contributed by atoms with Gasteiger partial charge in [0.2, 0.25) is 0 Å². The van der Waals surface area contributed by atoms with Crippen molar-refractivity contribution in [2.75, 3.05) is 0 Å². The second-order valence-corrected chi connectivity index (χ2v) is 5.31. The molecule has 0 saturated carbocycles. The van der Waals surface area contributed by atoms with Crippen LogP contribution in [0.2, 0.25) is 0 Å². The molecule has 0 saturated heterocycles. The molecule has 0 aliphatic rings. The Morgan fingerprint density at radius 2 is 1.58 bits per heavy atom. The molecule has 1 aromatic rings. The number of ether oxygens (including phenoxy) is 2. The molecule has 4 heteroatoms. The van der Waals surface area contributed by atoms with Gasteiger partial charge in [-0.05, 0) is 39.3 Å². The van der Waals surface area contributed by atoms with Crippen LogP contribution in [-0.4, -0.2) is 11.9 Å². The minimum Gasteiger partial charge on any atom is -0.423 e.